The Morgan fingerprint density at radius 3 is 3.00 bits per heavy atom. The minimum Gasteiger partial charge on any atom is -0.323 e. The average Bonchev–Trinajstić information content (AvgIpc) is 3.16. The molecule has 0 spiro atoms. The summed E-state index contributed by atoms with van der Waals surface area (Å²) in [5.41, 5.74) is 2.47. The normalized spacial score (nSPS) is 17.4. The van der Waals surface area contributed by atoms with Gasteiger partial charge in [-0.25, -0.2) is 4.39 Å². The molecular formula is C17H19FN4O2. The zero-order chi connectivity index (χ0) is 17.3. The van der Waals surface area contributed by atoms with Crippen LogP contribution in [0.1, 0.15) is 24.6 Å². The van der Waals surface area contributed by atoms with Crippen LogP contribution in [0.3, 0.4) is 0 Å². The van der Waals surface area contributed by atoms with Gasteiger partial charge in [-0.3, -0.25) is 14.7 Å². The third-order valence-corrected chi connectivity index (χ3v) is 4.29. The third-order valence-electron chi connectivity index (χ3n) is 4.29. The Morgan fingerprint density at radius 2 is 2.29 bits per heavy atom. The monoisotopic (exact) mass is 330 g/mol. The highest BCUT2D eigenvalue weighted by molar-refractivity contribution is 6.03. The number of H-pyrrole nitrogens is 1. The summed E-state index contributed by atoms with van der Waals surface area (Å²) in [6, 6.07) is 4.66. The van der Waals surface area contributed by atoms with Crippen LogP contribution in [0.2, 0.25) is 0 Å². The third kappa shape index (κ3) is 3.02. The van der Waals surface area contributed by atoms with Gasteiger partial charge >= 0.3 is 0 Å². The highest BCUT2D eigenvalue weighted by atomic mass is 19.1. The second kappa shape index (κ2) is 6.43. The largest absolute Gasteiger partial charge is 0.323 e. The molecule has 1 aliphatic heterocycles. The van der Waals surface area contributed by atoms with Crippen LogP contribution in [0, 0.1) is 18.7 Å². The molecule has 6 nitrogen and oxygen atoms in total. The molecule has 0 saturated carbocycles. The molecular weight excluding hydrogens is 311 g/mol. The summed E-state index contributed by atoms with van der Waals surface area (Å²) in [5.74, 6) is -1.24. The van der Waals surface area contributed by atoms with Gasteiger partial charge < -0.3 is 10.2 Å². The van der Waals surface area contributed by atoms with Gasteiger partial charge in [0.25, 0.3) is 0 Å². The molecule has 1 aliphatic rings. The Bertz CT molecular complexity index is 787. The first-order valence-electron chi connectivity index (χ1n) is 7.89. The lowest BCUT2D eigenvalue weighted by molar-refractivity contribution is -0.122. The van der Waals surface area contributed by atoms with Crippen molar-refractivity contribution in [2.45, 2.75) is 26.7 Å². The minimum absolute atomic E-state index is 0.112. The molecule has 24 heavy (non-hydrogen) atoms. The van der Waals surface area contributed by atoms with Crippen LogP contribution in [0.25, 0.3) is 0 Å². The van der Waals surface area contributed by atoms with Crippen LogP contribution < -0.4 is 10.2 Å². The van der Waals surface area contributed by atoms with Crippen molar-refractivity contribution >= 4 is 23.2 Å². The molecule has 1 atom stereocenters. The summed E-state index contributed by atoms with van der Waals surface area (Å²) < 4.78 is 13.7. The summed E-state index contributed by atoms with van der Waals surface area (Å²) in [6.07, 6.45) is 2.38. The fourth-order valence-corrected chi connectivity index (χ4v) is 2.81. The number of aromatic nitrogens is 2. The van der Waals surface area contributed by atoms with Crippen LogP contribution in [0.4, 0.5) is 15.8 Å². The van der Waals surface area contributed by atoms with Crippen LogP contribution in [-0.4, -0.2) is 28.6 Å². The lowest BCUT2D eigenvalue weighted by atomic mass is 10.1. The molecule has 1 aromatic heterocycles. The fraction of sp³-hybridized carbons (Fsp3) is 0.353. The average molecular weight is 330 g/mol. The van der Waals surface area contributed by atoms with Gasteiger partial charge in [0.05, 0.1) is 23.5 Å². The quantitative estimate of drug-likeness (QED) is 0.903. The Hall–Kier alpha value is -2.70. The van der Waals surface area contributed by atoms with Crippen LogP contribution in [0.15, 0.2) is 24.4 Å². The van der Waals surface area contributed by atoms with E-state index in [-0.39, 0.29) is 30.6 Å². The molecule has 0 bridgehead atoms. The SMILES string of the molecule is CCc1[nH]ncc1NC(=O)C1CC(=O)N(c2ccc(C)c(F)c2)C1. The van der Waals surface area contributed by atoms with Gasteiger partial charge in [-0.1, -0.05) is 13.0 Å². The highest BCUT2D eigenvalue weighted by Gasteiger charge is 2.35. The van der Waals surface area contributed by atoms with Crippen molar-refractivity contribution in [3.63, 3.8) is 0 Å². The number of amides is 2. The minimum atomic E-state index is -0.471. The van der Waals surface area contributed by atoms with Crippen molar-refractivity contribution in [3.05, 3.63) is 41.5 Å². The summed E-state index contributed by atoms with van der Waals surface area (Å²) in [6.45, 7) is 3.86. The topological polar surface area (TPSA) is 78.1 Å². The molecule has 0 aliphatic carbocycles. The van der Waals surface area contributed by atoms with Crippen molar-refractivity contribution in [1.82, 2.24) is 10.2 Å². The zero-order valence-corrected chi connectivity index (χ0v) is 13.6. The van der Waals surface area contributed by atoms with Gasteiger partial charge in [0.1, 0.15) is 5.82 Å². The van der Waals surface area contributed by atoms with Crippen molar-refractivity contribution < 1.29 is 14.0 Å². The Labute approximate surface area is 139 Å². The van der Waals surface area contributed by atoms with E-state index in [0.29, 0.717) is 23.4 Å². The summed E-state index contributed by atoms with van der Waals surface area (Å²) in [4.78, 5) is 26.1. The van der Waals surface area contributed by atoms with E-state index in [1.54, 1.807) is 25.3 Å². The molecule has 1 unspecified atom stereocenters. The van der Waals surface area contributed by atoms with Gasteiger partial charge in [-0.2, -0.15) is 5.10 Å². The zero-order valence-electron chi connectivity index (χ0n) is 13.6. The number of hydrogen-bond acceptors (Lipinski definition) is 3. The Morgan fingerprint density at radius 1 is 1.50 bits per heavy atom. The predicted molar refractivity (Wildman–Crippen MR) is 88.2 cm³/mol. The maximum absolute atomic E-state index is 13.7. The maximum Gasteiger partial charge on any atom is 0.229 e. The van der Waals surface area contributed by atoms with E-state index in [4.69, 9.17) is 0 Å². The van der Waals surface area contributed by atoms with E-state index in [9.17, 15) is 14.0 Å². The lowest BCUT2D eigenvalue weighted by Crippen LogP contribution is -2.28. The number of nitrogens with one attached hydrogen (secondary N) is 2. The molecule has 1 fully saturated rings. The molecule has 0 radical (unpaired) electrons. The van der Waals surface area contributed by atoms with Gasteiger partial charge in [0.15, 0.2) is 0 Å². The van der Waals surface area contributed by atoms with E-state index in [1.807, 2.05) is 6.92 Å². The van der Waals surface area contributed by atoms with Crippen molar-refractivity contribution in [2.24, 2.45) is 5.92 Å². The number of nitrogens with zero attached hydrogens (tertiary/aromatic N) is 2. The highest BCUT2D eigenvalue weighted by Crippen LogP contribution is 2.27. The number of hydrogen-bond donors (Lipinski definition) is 2. The van der Waals surface area contributed by atoms with Crippen molar-refractivity contribution in [3.8, 4) is 0 Å². The predicted octanol–water partition coefficient (Wildman–Crippen LogP) is 2.41. The number of rotatable bonds is 4. The fourth-order valence-electron chi connectivity index (χ4n) is 2.81. The van der Waals surface area contributed by atoms with E-state index in [0.717, 1.165) is 5.69 Å². The van der Waals surface area contributed by atoms with Crippen molar-refractivity contribution in [2.75, 3.05) is 16.8 Å². The number of benzene rings is 1. The standard InChI is InChI=1S/C17H19FN4O2/c1-3-14-15(8-19-21-14)20-17(24)11-6-16(23)22(9-11)12-5-4-10(2)13(18)7-12/h4-5,7-8,11H,3,6,9H2,1-2H3,(H,19,21)(H,20,24). The van der Waals surface area contributed by atoms with Gasteiger partial charge in [0, 0.05) is 18.7 Å². The van der Waals surface area contributed by atoms with Crippen LogP contribution in [-0.2, 0) is 16.0 Å². The number of halogens is 1. The second-order valence-corrected chi connectivity index (χ2v) is 5.94. The maximum atomic E-state index is 13.7. The van der Waals surface area contributed by atoms with Gasteiger partial charge in [-0.15, -0.1) is 0 Å². The van der Waals surface area contributed by atoms with E-state index >= 15 is 0 Å². The number of carbonyl (C=O) groups is 2. The Balaban J connectivity index is 1.72. The first-order valence-corrected chi connectivity index (χ1v) is 7.89. The molecule has 3 rings (SSSR count). The summed E-state index contributed by atoms with van der Waals surface area (Å²) >= 11 is 0. The van der Waals surface area contributed by atoms with E-state index in [2.05, 4.69) is 15.5 Å². The second-order valence-electron chi connectivity index (χ2n) is 5.94. The van der Waals surface area contributed by atoms with Gasteiger partial charge in [0.2, 0.25) is 11.8 Å². The number of carbonyl (C=O) groups excluding carboxylic acids is 2. The first-order chi connectivity index (χ1) is 11.5. The van der Waals surface area contributed by atoms with E-state index < -0.39 is 5.92 Å². The summed E-state index contributed by atoms with van der Waals surface area (Å²) in [5, 5.41) is 9.54. The van der Waals surface area contributed by atoms with Crippen LogP contribution in [0.5, 0.6) is 0 Å². The number of aromatic amines is 1. The van der Waals surface area contributed by atoms with Crippen molar-refractivity contribution in [1.29, 1.82) is 0 Å². The molecule has 126 valence electrons. The molecule has 2 amide bonds. The molecule has 2 heterocycles. The lowest BCUT2D eigenvalue weighted by Gasteiger charge is -2.17. The van der Waals surface area contributed by atoms with Gasteiger partial charge in [-0.05, 0) is 31.0 Å². The molecule has 1 saturated heterocycles. The number of anilines is 2. The van der Waals surface area contributed by atoms with Crippen LogP contribution >= 0.6 is 0 Å². The molecule has 1 aromatic carbocycles. The smallest absolute Gasteiger partial charge is 0.229 e. The Kier molecular flexibility index (Phi) is 4.33. The molecule has 7 heteroatoms. The van der Waals surface area contributed by atoms with E-state index in [1.165, 1.54) is 11.0 Å². The first kappa shape index (κ1) is 16.2. The number of aryl methyl sites for hydroxylation is 2. The molecule has 2 aromatic rings. The summed E-state index contributed by atoms with van der Waals surface area (Å²) in [7, 11) is 0. The molecule has 2 N–H and O–H groups in total.